The Bertz CT molecular complexity index is 489. The van der Waals surface area contributed by atoms with Crippen LogP contribution in [-0.2, 0) is 0 Å². The Morgan fingerprint density at radius 3 is 3.00 bits per heavy atom. The largest absolute Gasteiger partial charge is 0.324 e. The number of carbonyl (C=O) groups is 1. The molecule has 5 heteroatoms. The lowest BCUT2D eigenvalue weighted by molar-refractivity contribution is 0.266. The van der Waals surface area contributed by atoms with Crippen molar-refractivity contribution in [3.05, 3.63) is 24.3 Å². The van der Waals surface area contributed by atoms with Crippen molar-refractivity contribution in [1.29, 1.82) is 0 Å². The van der Waals surface area contributed by atoms with E-state index in [9.17, 15) is 4.79 Å². The van der Waals surface area contributed by atoms with Crippen molar-refractivity contribution in [3.63, 3.8) is 0 Å². The average Bonchev–Trinajstić information content (AvgIpc) is 2.82. The van der Waals surface area contributed by atoms with E-state index in [2.05, 4.69) is 9.97 Å². The molecule has 2 aromatic rings. The van der Waals surface area contributed by atoms with Crippen LogP contribution in [0.2, 0.25) is 0 Å². The minimum Gasteiger partial charge on any atom is -0.324 e. The molecule has 1 aromatic carbocycles. The summed E-state index contributed by atoms with van der Waals surface area (Å²) in [5.41, 5.74) is 1.87. The molecule has 4 nitrogen and oxygen atoms in total. The van der Waals surface area contributed by atoms with Crippen LogP contribution >= 0.6 is 11.8 Å². The molecule has 1 fully saturated rings. The standard InChI is InChI=1S/C10H9N3OS/c14-10-13(5-6-15-10)9-11-7-3-1-2-4-8(7)12-9/h1-4H,5-6H2,(H,11,12). The first-order chi connectivity index (χ1) is 7.34. The fourth-order valence-corrected chi connectivity index (χ4v) is 2.44. The molecule has 1 N–H and O–H groups in total. The Balaban J connectivity index is 2.08. The number of amides is 1. The number of thioether (sulfide) groups is 1. The predicted octanol–water partition coefficient (Wildman–Crippen LogP) is 2.24. The van der Waals surface area contributed by atoms with Crippen LogP contribution in [0.5, 0.6) is 0 Å². The summed E-state index contributed by atoms with van der Waals surface area (Å²) in [6.07, 6.45) is 0. The van der Waals surface area contributed by atoms with E-state index in [1.807, 2.05) is 24.3 Å². The van der Waals surface area contributed by atoms with E-state index in [4.69, 9.17) is 0 Å². The third-order valence-corrected chi connectivity index (χ3v) is 3.25. The summed E-state index contributed by atoms with van der Waals surface area (Å²) in [5, 5.41) is 0.0778. The Labute approximate surface area is 90.7 Å². The number of nitrogens with zero attached hydrogens (tertiary/aromatic N) is 2. The maximum atomic E-state index is 11.5. The molecule has 76 valence electrons. The zero-order valence-corrected chi connectivity index (χ0v) is 8.75. The molecule has 1 aliphatic heterocycles. The summed E-state index contributed by atoms with van der Waals surface area (Å²) in [4.78, 5) is 20.7. The molecule has 0 saturated carbocycles. The van der Waals surface area contributed by atoms with Crippen LogP contribution in [0.3, 0.4) is 0 Å². The van der Waals surface area contributed by atoms with E-state index >= 15 is 0 Å². The number of benzene rings is 1. The number of aromatic nitrogens is 2. The Morgan fingerprint density at radius 1 is 1.40 bits per heavy atom. The number of hydrogen-bond donors (Lipinski definition) is 1. The first kappa shape index (κ1) is 8.79. The zero-order valence-electron chi connectivity index (χ0n) is 7.93. The topological polar surface area (TPSA) is 49.0 Å². The van der Waals surface area contributed by atoms with E-state index < -0.39 is 0 Å². The molecule has 0 unspecified atom stereocenters. The van der Waals surface area contributed by atoms with Gasteiger partial charge in [-0.2, -0.15) is 0 Å². The fourth-order valence-electron chi connectivity index (χ4n) is 1.65. The Hall–Kier alpha value is -1.49. The summed E-state index contributed by atoms with van der Waals surface area (Å²) in [7, 11) is 0. The maximum absolute atomic E-state index is 11.5. The molecule has 0 atom stereocenters. The lowest BCUT2D eigenvalue weighted by atomic mass is 10.3. The summed E-state index contributed by atoms with van der Waals surface area (Å²) in [6, 6.07) is 7.78. The second-order valence-electron chi connectivity index (χ2n) is 3.34. The minimum absolute atomic E-state index is 0.0778. The number of para-hydroxylation sites is 2. The summed E-state index contributed by atoms with van der Waals surface area (Å²) >= 11 is 1.34. The number of anilines is 1. The van der Waals surface area contributed by atoms with Gasteiger partial charge in [0.2, 0.25) is 5.95 Å². The Morgan fingerprint density at radius 2 is 2.27 bits per heavy atom. The van der Waals surface area contributed by atoms with Gasteiger partial charge in [-0.05, 0) is 12.1 Å². The van der Waals surface area contributed by atoms with E-state index in [1.54, 1.807) is 4.90 Å². The van der Waals surface area contributed by atoms with E-state index in [-0.39, 0.29) is 5.24 Å². The highest BCUT2D eigenvalue weighted by Crippen LogP contribution is 2.24. The van der Waals surface area contributed by atoms with Crippen molar-refractivity contribution in [2.45, 2.75) is 0 Å². The van der Waals surface area contributed by atoms with Gasteiger partial charge in [0.05, 0.1) is 11.0 Å². The van der Waals surface area contributed by atoms with Crippen LogP contribution in [0.15, 0.2) is 24.3 Å². The monoisotopic (exact) mass is 219 g/mol. The molecule has 15 heavy (non-hydrogen) atoms. The van der Waals surface area contributed by atoms with Gasteiger partial charge in [0, 0.05) is 12.3 Å². The number of rotatable bonds is 1. The number of carbonyl (C=O) groups excluding carboxylic acids is 1. The predicted molar refractivity (Wildman–Crippen MR) is 61.3 cm³/mol. The van der Waals surface area contributed by atoms with Gasteiger partial charge in [-0.15, -0.1) is 0 Å². The van der Waals surface area contributed by atoms with Gasteiger partial charge in [-0.25, -0.2) is 4.98 Å². The summed E-state index contributed by atoms with van der Waals surface area (Å²) in [5.74, 6) is 1.50. The SMILES string of the molecule is O=C1SCCN1c1nc2ccccc2[nH]1. The van der Waals surface area contributed by atoms with Crippen molar-refractivity contribution in [3.8, 4) is 0 Å². The molecule has 1 aliphatic rings. The molecular formula is C10H9N3OS. The molecule has 3 rings (SSSR count). The van der Waals surface area contributed by atoms with E-state index in [1.165, 1.54) is 11.8 Å². The third kappa shape index (κ3) is 1.39. The molecule has 0 bridgehead atoms. The van der Waals surface area contributed by atoms with Crippen molar-refractivity contribution in [2.75, 3.05) is 17.2 Å². The molecule has 1 amide bonds. The van der Waals surface area contributed by atoms with Crippen LogP contribution in [0, 0.1) is 0 Å². The smallest absolute Gasteiger partial charge is 0.288 e. The average molecular weight is 219 g/mol. The number of nitrogens with one attached hydrogen (secondary N) is 1. The second-order valence-corrected chi connectivity index (χ2v) is 4.39. The van der Waals surface area contributed by atoms with Crippen LogP contribution in [-0.4, -0.2) is 27.5 Å². The van der Waals surface area contributed by atoms with Crippen LogP contribution in [0.25, 0.3) is 11.0 Å². The molecule has 0 aliphatic carbocycles. The lowest BCUT2D eigenvalue weighted by Gasteiger charge is -2.08. The first-order valence-electron chi connectivity index (χ1n) is 4.73. The normalized spacial score (nSPS) is 16.5. The lowest BCUT2D eigenvalue weighted by Crippen LogP contribution is -2.23. The van der Waals surface area contributed by atoms with Gasteiger partial charge in [0.1, 0.15) is 0 Å². The van der Waals surface area contributed by atoms with Crippen molar-refractivity contribution in [2.24, 2.45) is 0 Å². The number of fused-ring (bicyclic) bond motifs is 1. The summed E-state index contributed by atoms with van der Waals surface area (Å²) < 4.78 is 0. The van der Waals surface area contributed by atoms with Gasteiger partial charge < -0.3 is 4.98 Å². The molecule has 1 aromatic heterocycles. The van der Waals surface area contributed by atoms with Gasteiger partial charge >= 0.3 is 0 Å². The van der Waals surface area contributed by atoms with Crippen LogP contribution in [0.1, 0.15) is 0 Å². The highest BCUT2D eigenvalue weighted by molar-refractivity contribution is 8.14. The minimum atomic E-state index is 0.0778. The third-order valence-electron chi connectivity index (χ3n) is 2.39. The number of aromatic amines is 1. The number of H-pyrrole nitrogens is 1. The van der Waals surface area contributed by atoms with Crippen LogP contribution < -0.4 is 4.90 Å². The van der Waals surface area contributed by atoms with Gasteiger partial charge in [-0.3, -0.25) is 9.69 Å². The number of imidazole rings is 1. The quantitative estimate of drug-likeness (QED) is 0.800. The highest BCUT2D eigenvalue weighted by atomic mass is 32.2. The molecule has 1 saturated heterocycles. The van der Waals surface area contributed by atoms with Gasteiger partial charge in [-0.1, -0.05) is 23.9 Å². The maximum Gasteiger partial charge on any atom is 0.288 e. The molecule has 2 heterocycles. The molecule has 0 spiro atoms. The van der Waals surface area contributed by atoms with Crippen molar-refractivity contribution >= 4 is 34.0 Å². The van der Waals surface area contributed by atoms with Crippen LogP contribution in [0.4, 0.5) is 10.7 Å². The van der Waals surface area contributed by atoms with E-state index in [0.717, 1.165) is 23.3 Å². The fraction of sp³-hybridized carbons (Fsp3) is 0.200. The molecular weight excluding hydrogens is 210 g/mol. The van der Waals surface area contributed by atoms with E-state index in [0.29, 0.717) is 5.95 Å². The highest BCUT2D eigenvalue weighted by Gasteiger charge is 2.24. The summed E-state index contributed by atoms with van der Waals surface area (Å²) in [6.45, 7) is 0.739. The Kier molecular flexibility index (Phi) is 1.92. The zero-order chi connectivity index (χ0) is 10.3. The first-order valence-corrected chi connectivity index (χ1v) is 5.72. The second kappa shape index (κ2) is 3.27. The van der Waals surface area contributed by atoms with Gasteiger partial charge in [0.15, 0.2) is 0 Å². The van der Waals surface area contributed by atoms with Gasteiger partial charge in [0.25, 0.3) is 5.24 Å². The number of hydrogen-bond acceptors (Lipinski definition) is 3. The van der Waals surface area contributed by atoms with Crippen molar-refractivity contribution in [1.82, 2.24) is 9.97 Å². The van der Waals surface area contributed by atoms with Crippen molar-refractivity contribution < 1.29 is 4.79 Å². The molecule has 0 radical (unpaired) electrons.